The molecule has 2 aliphatic carbocycles. The number of benzene rings is 3. The van der Waals surface area contributed by atoms with Gasteiger partial charge in [0.15, 0.2) is 11.6 Å². The first kappa shape index (κ1) is 32.6. The van der Waals surface area contributed by atoms with Gasteiger partial charge in [0, 0.05) is 36.4 Å². The number of aromatic nitrogens is 2. The second kappa shape index (κ2) is 12.8. The van der Waals surface area contributed by atoms with Gasteiger partial charge in [0.05, 0.1) is 17.8 Å². The average molecular weight is 664 g/mol. The van der Waals surface area contributed by atoms with E-state index in [2.05, 4.69) is 40.2 Å². The summed E-state index contributed by atoms with van der Waals surface area (Å²) in [7, 11) is 0. The molecule has 0 amide bonds. The molecule has 2 heterocycles. The second-order valence-corrected chi connectivity index (χ2v) is 16.6. The highest BCUT2D eigenvalue weighted by atomic mass is 32.2. The molecule has 7 rings (SSSR count). The normalized spacial score (nSPS) is 23.0. The van der Waals surface area contributed by atoms with Crippen LogP contribution in [-0.4, -0.2) is 32.4 Å². The lowest BCUT2D eigenvalue weighted by Gasteiger charge is -2.38. The molecule has 1 aliphatic heterocycles. The summed E-state index contributed by atoms with van der Waals surface area (Å²) in [5.74, 6) is 1.78. The van der Waals surface area contributed by atoms with E-state index in [9.17, 15) is 14.2 Å². The lowest BCUT2D eigenvalue weighted by molar-refractivity contribution is 0.203. The number of nitrogens with two attached hydrogens (primary N) is 1. The van der Waals surface area contributed by atoms with Crippen LogP contribution in [0.4, 0.5) is 10.2 Å². The van der Waals surface area contributed by atoms with E-state index in [1.807, 2.05) is 32.0 Å². The fourth-order valence-electron chi connectivity index (χ4n) is 8.48. The van der Waals surface area contributed by atoms with Crippen LogP contribution in [0.1, 0.15) is 81.4 Å². The Balaban J connectivity index is 1.16. The molecule has 1 saturated heterocycles. The van der Waals surface area contributed by atoms with E-state index in [4.69, 9.17) is 14.9 Å². The summed E-state index contributed by atoms with van der Waals surface area (Å²) in [4.78, 5) is 11.3. The molecule has 3 aliphatic rings. The van der Waals surface area contributed by atoms with Crippen molar-refractivity contribution in [3.05, 3.63) is 102 Å². The first-order chi connectivity index (χ1) is 23.1. The molecular weight excluding hydrogens is 622 g/mol. The van der Waals surface area contributed by atoms with Crippen molar-refractivity contribution >= 4 is 17.2 Å². The van der Waals surface area contributed by atoms with Crippen molar-refractivity contribution < 1.29 is 13.7 Å². The van der Waals surface area contributed by atoms with E-state index < -0.39 is 16.1 Å². The summed E-state index contributed by atoms with van der Waals surface area (Å²) < 4.78 is 33.5. The highest BCUT2D eigenvalue weighted by molar-refractivity contribution is 7.90. The van der Waals surface area contributed by atoms with Crippen LogP contribution in [0, 0.1) is 28.0 Å². The zero-order chi connectivity index (χ0) is 33.5. The van der Waals surface area contributed by atoms with Crippen molar-refractivity contribution in [3.8, 4) is 28.7 Å². The minimum absolute atomic E-state index is 0.00965. The smallest absolute Gasteiger partial charge is 0.188 e. The topological polar surface area (TPSA) is 111 Å². The van der Waals surface area contributed by atoms with Gasteiger partial charge in [-0.15, -0.1) is 0 Å². The molecule has 3 atom stereocenters. The molecular formula is C39H42FN5O2S. The fraction of sp³-hybridized carbons (Fsp3) is 0.410. The van der Waals surface area contributed by atoms with Gasteiger partial charge in [-0.25, -0.2) is 14.4 Å². The second-order valence-electron chi connectivity index (χ2n) is 14.9. The minimum Gasteiger partial charge on any atom is -0.598 e. The Bertz CT molecular complexity index is 1840. The van der Waals surface area contributed by atoms with E-state index in [1.54, 1.807) is 24.7 Å². The zero-order valence-electron chi connectivity index (χ0n) is 27.6. The van der Waals surface area contributed by atoms with Crippen LogP contribution in [-0.2, 0) is 17.8 Å². The molecule has 1 spiro atoms. The lowest BCUT2D eigenvalue weighted by Crippen LogP contribution is -2.43. The van der Waals surface area contributed by atoms with E-state index in [-0.39, 0.29) is 16.6 Å². The maximum absolute atomic E-state index is 14.7. The average Bonchev–Trinajstić information content (AvgIpc) is 3.77. The molecule has 1 aromatic heterocycles. The van der Waals surface area contributed by atoms with Crippen LogP contribution in [0.3, 0.4) is 0 Å². The number of hydrogen-bond acceptors (Lipinski definition) is 7. The molecule has 9 heteroatoms. The van der Waals surface area contributed by atoms with Gasteiger partial charge in [-0.2, -0.15) is 10.4 Å². The van der Waals surface area contributed by atoms with Crippen LogP contribution in [0.2, 0.25) is 0 Å². The maximum Gasteiger partial charge on any atom is 0.188 e. The van der Waals surface area contributed by atoms with Crippen LogP contribution >= 0.6 is 0 Å². The maximum atomic E-state index is 14.7. The molecule has 7 nitrogen and oxygen atoms in total. The van der Waals surface area contributed by atoms with Crippen molar-refractivity contribution in [2.45, 2.75) is 75.9 Å². The van der Waals surface area contributed by atoms with Gasteiger partial charge in [0.2, 0.25) is 0 Å². The highest BCUT2D eigenvalue weighted by Gasteiger charge is 2.54. The fourth-order valence-corrected chi connectivity index (χ4v) is 8.93. The number of nitriles is 1. The van der Waals surface area contributed by atoms with Gasteiger partial charge in [0.25, 0.3) is 0 Å². The number of halogens is 1. The summed E-state index contributed by atoms with van der Waals surface area (Å²) in [6.45, 7) is 5.72. The van der Waals surface area contributed by atoms with Gasteiger partial charge in [-0.3, -0.25) is 0 Å². The van der Waals surface area contributed by atoms with Crippen molar-refractivity contribution in [3.63, 3.8) is 0 Å². The van der Waals surface area contributed by atoms with E-state index >= 15 is 0 Å². The predicted molar refractivity (Wildman–Crippen MR) is 187 cm³/mol. The Labute approximate surface area is 285 Å². The largest absolute Gasteiger partial charge is 0.598 e. The van der Waals surface area contributed by atoms with Gasteiger partial charge in [0.1, 0.15) is 22.6 Å². The van der Waals surface area contributed by atoms with E-state index in [0.717, 1.165) is 81.4 Å². The molecule has 48 heavy (non-hydrogen) atoms. The number of rotatable bonds is 10. The quantitative estimate of drug-likeness (QED) is 0.170. The van der Waals surface area contributed by atoms with Gasteiger partial charge >= 0.3 is 0 Å². The molecule has 248 valence electrons. The number of ether oxygens (including phenoxy) is 1. The third-order valence-corrected chi connectivity index (χ3v) is 12.0. The van der Waals surface area contributed by atoms with Gasteiger partial charge in [-0.1, -0.05) is 36.4 Å². The van der Waals surface area contributed by atoms with Gasteiger partial charge in [-0.05, 0) is 123 Å². The van der Waals surface area contributed by atoms with Crippen LogP contribution in [0.25, 0.3) is 11.1 Å². The predicted octanol–water partition coefficient (Wildman–Crippen LogP) is 8.22. The van der Waals surface area contributed by atoms with E-state index in [0.29, 0.717) is 28.5 Å². The van der Waals surface area contributed by atoms with Crippen LogP contribution < -0.4 is 14.8 Å². The summed E-state index contributed by atoms with van der Waals surface area (Å²) in [5.41, 5.74) is 4.56. The first-order valence-corrected chi connectivity index (χ1v) is 18.1. The Kier molecular flexibility index (Phi) is 8.69. The molecule has 4 aromatic rings. The SMILES string of the molecule is CC(C)(CC1(Cc2ccccc2)CCC2(CCN(c3ncncc3Oc3ccc(F)cc3-c3ccc(C#N)cc3C3CC3)C2)C1)[S+](N)[O-]. The number of anilines is 1. The third-order valence-electron chi connectivity index (χ3n) is 10.7. The Morgan fingerprint density at radius 2 is 1.88 bits per heavy atom. The standard InChI is InChI=1S/C39H42FN5O2S/c1-37(2,48(42)46)23-39(20-27-6-4-3-5-7-27)15-14-38(24-39)16-17-45(25-38)36-35(22-43-26-44-36)47-34-13-11-30(40)19-33(34)31-12-8-28(21-41)18-32(31)29-9-10-29/h3-8,11-13,18-19,22,26,29H,9-10,14-17,20,23-25,42H2,1-2H3. The molecule has 0 bridgehead atoms. The highest BCUT2D eigenvalue weighted by Crippen LogP contribution is 2.59. The Hall–Kier alpha value is -3.97. The van der Waals surface area contributed by atoms with Crippen molar-refractivity contribution in [1.29, 1.82) is 5.26 Å². The summed E-state index contributed by atoms with van der Waals surface area (Å²) in [5, 5.41) is 15.5. The summed E-state index contributed by atoms with van der Waals surface area (Å²) >= 11 is -1.43. The Morgan fingerprint density at radius 3 is 2.62 bits per heavy atom. The molecule has 3 unspecified atom stereocenters. The van der Waals surface area contributed by atoms with Crippen molar-refractivity contribution in [2.24, 2.45) is 16.0 Å². The van der Waals surface area contributed by atoms with E-state index in [1.165, 1.54) is 17.7 Å². The molecule has 3 fully saturated rings. The van der Waals surface area contributed by atoms with Gasteiger partial charge < -0.3 is 14.2 Å². The zero-order valence-corrected chi connectivity index (χ0v) is 28.4. The third kappa shape index (κ3) is 6.67. The van der Waals surface area contributed by atoms with Crippen LogP contribution in [0.15, 0.2) is 79.3 Å². The Morgan fingerprint density at radius 1 is 1.06 bits per heavy atom. The monoisotopic (exact) mass is 663 g/mol. The van der Waals surface area contributed by atoms with Crippen LogP contribution in [0.5, 0.6) is 11.5 Å². The summed E-state index contributed by atoms with van der Waals surface area (Å²) in [6.07, 6.45) is 11.3. The molecule has 3 aromatic carbocycles. The first-order valence-electron chi connectivity index (χ1n) is 16.8. The van der Waals surface area contributed by atoms with Crippen molar-refractivity contribution in [1.82, 2.24) is 9.97 Å². The summed E-state index contributed by atoms with van der Waals surface area (Å²) in [6, 6.07) is 23.1. The van der Waals surface area contributed by atoms with Crippen molar-refractivity contribution in [2.75, 3.05) is 18.0 Å². The number of hydrogen-bond donors (Lipinski definition) is 1. The minimum atomic E-state index is -1.43. The number of nitrogens with zero attached hydrogens (tertiary/aromatic N) is 4. The molecule has 2 saturated carbocycles. The molecule has 2 N–H and O–H groups in total. The molecule has 0 radical (unpaired) electrons. The lowest BCUT2D eigenvalue weighted by atomic mass is 9.71.